The van der Waals surface area contributed by atoms with Gasteiger partial charge in [-0.3, -0.25) is 14.2 Å². The zero-order chi connectivity index (χ0) is 22.3. The molecule has 2 aromatic heterocycles. The van der Waals surface area contributed by atoms with Crippen LogP contribution in [-0.4, -0.2) is 42.2 Å². The Bertz CT molecular complexity index is 1230. The number of amides is 1. The van der Waals surface area contributed by atoms with Crippen molar-refractivity contribution < 1.29 is 19.0 Å². The molecule has 1 aliphatic carbocycles. The molecule has 1 fully saturated rings. The molecule has 0 radical (unpaired) electrons. The summed E-state index contributed by atoms with van der Waals surface area (Å²) in [5.41, 5.74) is -0.724. The molecule has 3 heterocycles. The Balaban J connectivity index is 1.45. The number of benzene rings is 1. The minimum Gasteiger partial charge on any atom is -0.501 e. The number of aromatic hydroxyl groups is 1. The number of hydrogen-bond donors (Lipinski definition) is 2. The second-order valence-corrected chi connectivity index (χ2v) is 7.94. The number of hydrogen-bond acceptors (Lipinski definition) is 7. The minimum absolute atomic E-state index is 0.00448. The van der Waals surface area contributed by atoms with Crippen LogP contribution in [0, 0.1) is 5.82 Å². The maximum absolute atomic E-state index is 13.8. The summed E-state index contributed by atoms with van der Waals surface area (Å²) in [5, 5.41) is 20.7. The summed E-state index contributed by atoms with van der Waals surface area (Å²) in [6.45, 7) is 0.625. The highest BCUT2D eigenvalue weighted by molar-refractivity contribution is 5.94. The lowest BCUT2D eigenvalue weighted by Crippen LogP contribution is -2.44. The van der Waals surface area contributed by atoms with E-state index < -0.39 is 28.6 Å². The fourth-order valence-corrected chi connectivity index (χ4v) is 4.46. The molecule has 166 valence electrons. The summed E-state index contributed by atoms with van der Waals surface area (Å²) in [7, 11) is 0. The second-order valence-electron chi connectivity index (χ2n) is 7.94. The van der Waals surface area contributed by atoms with Gasteiger partial charge in [-0.15, -0.1) is 5.10 Å². The van der Waals surface area contributed by atoms with Crippen molar-refractivity contribution in [3.63, 3.8) is 0 Å². The highest BCUT2D eigenvalue weighted by Crippen LogP contribution is 2.42. The van der Waals surface area contributed by atoms with Crippen LogP contribution in [0.3, 0.4) is 0 Å². The average molecular weight is 440 g/mol. The molecule has 1 aliphatic heterocycles. The molecule has 0 saturated heterocycles. The predicted molar refractivity (Wildman–Crippen MR) is 109 cm³/mol. The normalized spacial score (nSPS) is 16.8. The van der Waals surface area contributed by atoms with Crippen LogP contribution in [0.15, 0.2) is 35.4 Å². The Morgan fingerprint density at radius 2 is 2.12 bits per heavy atom. The monoisotopic (exact) mass is 440 g/mol. The molecule has 0 bridgehead atoms. The first-order valence-electron chi connectivity index (χ1n) is 10.4. The van der Waals surface area contributed by atoms with Crippen LogP contribution in [-0.2, 0) is 23.4 Å². The lowest BCUT2D eigenvalue weighted by Gasteiger charge is -2.35. The van der Waals surface area contributed by atoms with E-state index in [1.165, 1.54) is 33.6 Å². The minimum atomic E-state index is -0.712. The van der Waals surface area contributed by atoms with Crippen molar-refractivity contribution in [1.29, 1.82) is 0 Å². The third kappa shape index (κ3) is 3.34. The van der Waals surface area contributed by atoms with Crippen molar-refractivity contribution in [2.45, 2.75) is 44.4 Å². The Hall–Kier alpha value is -3.60. The number of fused-ring (bicyclic) bond motifs is 2. The summed E-state index contributed by atoms with van der Waals surface area (Å²) in [4.78, 5) is 30.1. The molecule has 1 aromatic carbocycles. The molecule has 2 aliphatic rings. The zero-order valence-corrected chi connectivity index (χ0v) is 17.1. The van der Waals surface area contributed by atoms with Crippen molar-refractivity contribution in [1.82, 2.24) is 29.9 Å². The van der Waals surface area contributed by atoms with Crippen molar-refractivity contribution in [2.75, 3.05) is 6.61 Å². The molecule has 0 atom stereocenters. The molecule has 5 rings (SSSR count). The third-order valence-corrected chi connectivity index (χ3v) is 6.03. The molecular weight excluding hydrogens is 419 g/mol. The number of halogens is 1. The summed E-state index contributed by atoms with van der Waals surface area (Å²) in [6.07, 6.45) is 6.31. The molecule has 32 heavy (non-hydrogen) atoms. The van der Waals surface area contributed by atoms with Gasteiger partial charge < -0.3 is 15.2 Å². The lowest BCUT2D eigenvalue weighted by atomic mass is 9.99. The first-order valence-corrected chi connectivity index (χ1v) is 10.4. The highest BCUT2D eigenvalue weighted by Gasteiger charge is 2.44. The van der Waals surface area contributed by atoms with Gasteiger partial charge >= 0.3 is 0 Å². The molecule has 1 spiro atoms. The Morgan fingerprint density at radius 1 is 1.31 bits per heavy atom. The van der Waals surface area contributed by atoms with Crippen LogP contribution in [0.5, 0.6) is 5.75 Å². The van der Waals surface area contributed by atoms with E-state index >= 15 is 0 Å². The van der Waals surface area contributed by atoms with Crippen molar-refractivity contribution in [3.05, 3.63) is 63.8 Å². The topological polar surface area (TPSA) is 124 Å². The number of nitrogens with one attached hydrogen (secondary N) is 1. The van der Waals surface area contributed by atoms with Gasteiger partial charge in [0.05, 0.1) is 31.2 Å². The number of carbonyl (C=O) groups excluding carboxylic acids is 1. The molecule has 1 amide bonds. The van der Waals surface area contributed by atoms with Gasteiger partial charge in [-0.1, -0.05) is 11.3 Å². The number of rotatable bonds is 4. The van der Waals surface area contributed by atoms with E-state index in [0.29, 0.717) is 36.5 Å². The predicted octanol–water partition coefficient (Wildman–Crippen LogP) is 1.40. The molecule has 11 heteroatoms. The smallest absolute Gasteiger partial charge is 0.296 e. The quantitative estimate of drug-likeness (QED) is 0.628. The van der Waals surface area contributed by atoms with Gasteiger partial charge in [0.2, 0.25) is 5.75 Å². The van der Waals surface area contributed by atoms with E-state index in [1.54, 1.807) is 6.20 Å². The van der Waals surface area contributed by atoms with Gasteiger partial charge in [0.15, 0.2) is 5.69 Å². The van der Waals surface area contributed by atoms with Crippen LogP contribution < -0.4 is 10.9 Å². The molecule has 10 nitrogen and oxygen atoms in total. The SMILES string of the molecule is O=C(NCc1ccc(F)cc1-n1ccnn1)c1nc2n(c(=O)c1O)CCOC21CCCC1. The first-order chi connectivity index (χ1) is 15.5. The highest BCUT2D eigenvalue weighted by atomic mass is 19.1. The van der Waals surface area contributed by atoms with Crippen LogP contribution in [0.25, 0.3) is 5.69 Å². The van der Waals surface area contributed by atoms with Gasteiger partial charge in [0, 0.05) is 6.54 Å². The van der Waals surface area contributed by atoms with E-state index in [0.717, 1.165) is 12.8 Å². The second kappa shape index (κ2) is 7.83. The molecule has 3 aromatic rings. The fourth-order valence-electron chi connectivity index (χ4n) is 4.46. The van der Waals surface area contributed by atoms with Gasteiger partial charge in [0.1, 0.15) is 17.2 Å². The third-order valence-electron chi connectivity index (χ3n) is 6.03. The van der Waals surface area contributed by atoms with E-state index in [1.807, 2.05) is 0 Å². The van der Waals surface area contributed by atoms with Gasteiger partial charge in [-0.05, 0) is 43.4 Å². The summed E-state index contributed by atoms with van der Waals surface area (Å²) in [6, 6.07) is 4.06. The number of ether oxygens (including phenoxy) is 1. The largest absolute Gasteiger partial charge is 0.501 e. The van der Waals surface area contributed by atoms with Crippen LogP contribution in [0.2, 0.25) is 0 Å². The Morgan fingerprint density at radius 3 is 2.88 bits per heavy atom. The average Bonchev–Trinajstić information content (AvgIpc) is 3.49. The van der Waals surface area contributed by atoms with E-state index in [2.05, 4.69) is 20.6 Å². The summed E-state index contributed by atoms with van der Waals surface area (Å²) >= 11 is 0. The first kappa shape index (κ1) is 20.3. The Labute approximate surface area is 181 Å². The number of carbonyl (C=O) groups is 1. The van der Waals surface area contributed by atoms with E-state index in [-0.39, 0.29) is 18.8 Å². The maximum Gasteiger partial charge on any atom is 0.296 e. The maximum atomic E-state index is 13.8. The molecule has 0 unspecified atom stereocenters. The van der Waals surface area contributed by atoms with Crippen LogP contribution >= 0.6 is 0 Å². The number of aromatic nitrogens is 5. The van der Waals surface area contributed by atoms with Gasteiger partial charge in [0.25, 0.3) is 11.5 Å². The Kier molecular flexibility index (Phi) is 4.97. The van der Waals surface area contributed by atoms with E-state index in [9.17, 15) is 19.1 Å². The molecular formula is C21H21FN6O4. The van der Waals surface area contributed by atoms with Crippen molar-refractivity contribution >= 4 is 5.91 Å². The van der Waals surface area contributed by atoms with Crippen molar-refractivity contribution in [2.24, 2.45) is 0 Å². The standard InChI is InChI=1S/C21H21FN6O4/c22-14-4-3-13(15(11-14)28-8-7-24-26-28)12-23-18(30)16-17(29)19(31)27-9-10-32-21(20(27)25-16)5-1-2-6-21/h3-4,7-8,11,29H,1-2,5-6,9-10,12H2,(H,23,30). The van der Waals surface area contributed by atoms with E-state index in [4.69, 9.17) is 4.74 Å². The zero-order valence-electron chi connectivity index (χ0n) is 17.1. The van der Waals surface area contributed by atoms with Gasteiger partial charge in [-0.2, -0.15) is 0 Å². The number of nitrogens with zero attached hydrogens (tertiary/aromatic N) is 5. The molecule has 2 N–H and O–H groups in total. The lowest BCUT2D eigenvalue weighted by molar-refractivity contribution is -0.0789. The van der Waals surface area contributed by atoms with Crippen LogP contribution in [0.1, 0.15) is 47.6 Å². The van der Waals surface area contributed by atoms with Crippen molar-refractivity contribution in [3.8, 4) is 11.4 Å². The van der Waals surface area contributed by atoms with Gasteiger partial charge in [-0.25, -0.2) is 14.1 Å². The van der Waals surface area contributed by atoms with Crippen LogP contribution in [0.4, 0.5) is 4.39 Å². The molecule has 1 saturated carbocycles. The summed E-state index contributed by atoms with van der Waals surface area (Å²) in [5.74, 6) is -1.48. The fraction of sp³-hybridized carbons (Fsp3) is 0.381. The summed E-state index contributed by atoms with van der Waals surface area (Å²) < 4.78 is 22.5.